The van der Waals surface area contributed by atoms with E-state index in [1.165, 1.54) is 35.9 Å². The van der Waals surface area contributed by atoms with Crippen molar-refractivity contribution in [3.8, 4) is 0 Å². The third-order valence-corrected chi connectivity index (χ3v) is 7.71. The first-order valence-corrected chi connectivity index (χ1v) is 11.8. The molecule has 33 heavy (non-hydrogen) atoms. The Balaban J connectivity index is 0.00000259. The van der Waals surface area contributed by atoms with Crippen LogP contribution in [0.25, 0.3) is 5.52 Å². The van der Waals surface area contributed by atoms with Crippen LogP contribution in [-0.4, -0.2) is 53.6 Å². The van der Waals surface area contributed by atoms with Gasteiger partial charge in [0, 0.05) is 19.1 Å². The van der Waals surface area contributed by atoms with Crippen LogP contribution in [0, 0.1) is 24.6 Å². The first-order valence-electron chi connectivity index (χ1n) is 11.8. The van der Waals surface area contributed by atoms with E-state index in [0.29, 0.717) is 29.1 Å². The smallest absolute Gasteiger partial charge is 0.341 e. The summed E-state index contributed by atoms with van der Waals surface area (Å²) in [7, 11) is 4.17. The number of hydrogen-bond acceptors (Lipinski definition) is 4. The second kappa shape index (κ2) is 8.91. The van der Waals surface area contributed by atoms with Crippen LogP contribution in [0.15, 0.2) is 17.1 Å². The van der Waals surface area contributed by atoms with Crippen molar-refractivity contribution in [2.75, 3.05) is 32.1 Å². The molecule has 1 N–H and O–H groups in total. The van der Waals surface area contributed by atoms with E-state index in [4.69, 9.17) is 0 Å². The molecule has 2 aromatic heterocycles. The summed E-state index contributed by atoms with van der Waals surface area (Å²) in [6.45, 7) is 3.69. The van der Waals surface area contributed by atoms with Gasteiger partial charge in [0.2, 0.25) is 0 Å². The van der Waals surface area contributed by atoms with Gasteiger partial charge in [-0.15, -0.1) is 12.4 Å². The van der Waals surface area contributed by atoms with Gasteiger partial charge in [0.05, 0.1) is 17.4 Å². The minimum absolute atomic E-state index is 0. The van der Waals surface area contributed by atoms with E-state index >= 15 is 4.39 Å². The highest BCUT2D eigenvalue weighted by molar-refractivity contribution is 5.89. The Kier molecular flexibility index (Phi) is 6.49. The average molecular weight is 478 g/mol. The lowest BCUT2D eigenvalue weighted by Crippen LogP contribution is -2.49. The maximum Gasteiger partial charge on any atom is 0.341 e. The normalized spacial score (nSPS) is 24.8. The molecule has 8 heteroatoms. The molecular weight excluding hydrogens is 445 g/mol. The number of pyridine rings is 2. The quantitative estimate of drug-likeness (QED) is 0.695. The number of anilines is 1. The summed E-state index contributed by atoms with van der Waals surface area (Å²) >= 11 is 0. The van der Waals surface area contributed by atoms with Crippen molar-refractivity contribution in [2.24, 2.45) is 11.8 Å². The molecule has 3 unspecified atom stereocenters. The van der Waals surface area contributed by atoms with Gasteiger partial charge in [-0.3, -0.25) is 9.20 Å². The van der Waals surface area contributed by atoms with E-state index in [-0.39, 0.29) is 23.9 Å². The van der Waals surface area contributed by atoms with Crippen molar-refractivity contribution in [3.05, 3.63) is 45.1 Å². The second-order valence-electron chi connectivity index (χ2n) is 10.3. The van der Waals surface area contributed by atoms with Crippen LogP contribution in [0.1, 0.15) is 65.9 Å². The number of aromatic carboxylic acids is 1. The van der Waals surface area contributed by atoms with E-state index in [9.17, 15) is 14.7 Å². The Morgan fingerprint density at radius 3 is 2.61 bits per heavy atom. The summed E-state index contributed by atoms with van der Waals surface area (Å²) in [6.07, 6.45) is 7.79. The zero-order valence-electron chi connectivity index (χ0n) is 19.5. The largest absolute Gasteiger partial charge is 0.477 e. The molecule has 2 saturated carbocycles. The summed E-state index contributed by atoms with van der Waals surface area (Å²) in [5.41, 5.74) is 1.99. The molecule has 0 bridgehead atoms. The summed E-state index contributed by atoms with van der Waals surface area (Å²) in [6, 6.07) is 1.87. The second-order valence-corrected chi connectivity index (χ2v) is 10.3. The van der Waals surface area contributed by atoms with Crippen LogP contribution in [0.5, 0.6) is 0 Å². The standard InChI is InChI=1S/C25H32FN3O3.ClH/c1-14-22-18(16-7-8-16)10-19(25(31)32)24(30)29(22)13-20(26)23(14)28-12-15(11-27(2)3)9-17-5-4-6-21(17)28;/h10,13,15-17,21H,4-9,11-12H2,1-3H3,(H,31,32);1H. The molecule has 0 spiro atoms. The number of rotatable bonds is 5. The number of fused-ring (bicyclic) bond motifs is 2. The van der Waals surface area contributed by atoms with Gasteiger partial charge in [-0.25, -0.2) is 9.18 Å². The van der Waals surface area contributed by atoms with Crippen molar-refractivity contribution >= 4 is 29.6 Å². The molecule has 0 amide bonds. The first-order chi connectivity index (χ1) is 15.3. The number of nitrogens with zero attached hydrogens (tertiary/aromatic N) is 3. The molecule has 2 aliphatic carbocycles. The minimum Gasteiger partial charge on any atom is -0.477 e. The van der Waals surface area contributed by atoms with Gasteiger partial charge in [0.1, 0.15) is 5.56 Å². The van der Waals surface area contributed by atoms with E-state index in [0.717, 1.165) is 43.5 Å². The highest BCUT2D eigenvalue weighted by Gasteiger charge is 2.41. The molecule has 3 aliphatic rings. The van der Waals surface area contributed by atoms with Crippen molar-refractivity contribution < 1.29 is 14.3 Å². The van der Waals surface area contributed by atoms with Crippen LogP contribution >= 0.6 is 12.4 Å². The number of hydrogen-bond donors (Lipinski definition) is 1. The molecule has 3 fully saturated rings. The highest BCUT2D eigenvalue weighted by Crippen LogP contribution is 2.46. The fourth-order valence-electron chi connectivity index (χ4n) is 6.38. The van der Waals surface area contributed by atoms with Gasteiger partial charge in [0.15, 0.2) is 5.82 Å². The maximum absolute atomic E-state index is 15.7. The van der Waals surface area contributed by atoms with E-state index < -0.39 is 17.3 Å². The molecule has 1 saturated heterocycles. The number of aryl methyl sites for hydroxylation is 1. The fraction of sp³-hybridized carbons (Fsp3) is 0.600. The maximum atomic E-state index is 15.7. The number of carboxylic acid groups (broad SMARTS) is 1. The van der Waals surface area contributed by atoms with E-state index in [1.54, 1.807) is 0 Å². The topological polar surface area (TPSA) is 65.3 Å². The number of halogens is 2. The van der Waals surface area contributed by atoms with Crippen LogP contribution in [0.4, 0.5) is 10.1 Å². The third-order valence-electron chi connectivity index (χ3n) is 7.71. The SMILES string of the molecule is Cc1c(N2CC(CN(C)C)CC3CCCC32)c(F)cn2c(=O)c(C(=O)O)cc(C3CC3)c12.Cl. The lowest BCUT2D eigenvalue weighted by Gasteiger charge is -2.45. The van der Waals surface area contributed by atoms with Gasteiger partial charge in [-0.1, -0.05) is 6.42 Å². The Labute approximate surface area is 199 Å². The summed E-state index contributed by atoms with van der Waals surface area (Å²) in [5, 5.41) is 9.53. The van der Waals surface area contributed by atoms with Crippen LogP contribution in [0.2, 0.25) is 0 Å². The fourth-order valence-corrected chi connectivity index (χ4v) is 6.38. The zero-order valence-corrected chi connectivity index (χ0v) is 20.3. The average Bonchev–Trinajstić information content (AvgIpc) is 3.45. The van der Waals surface area contributed by atoms with Crippen LogP contribution in [-0.2, 0) is 0 Å². The number of carbonyl (C=O) groups is 1. The van der Waals surface area contributed by atoms with Crippen molar-refractivity contribution in [1.82, 2.24) is 9.30 Å². The van der Waals surface area contributed by atoms with Crippen LogP contribution < -0.4 is 10.5 Å². The molecule has 180 valence electrons. The number of piperidine rings is 1. The van der Waals surface area contributed by atoms with Crippen LogP contribution in [0.3, 0.4) is 0 Å². The lowest BCUT2D eigenvalue weighted by molar-refractivity contribution is 0.0694. The predicted molar refractivity (Wildman–Crippen MR) is 130 cm³/mol. The Morgan fingerprint density at radius 2 is 1.97 bits per heavy atom. The van der Waals surface area contributed by atoms with Crippen molar-refractivity contribution in [2.45, 2.75) is 57.4 Å². The van der Waals surface area contributed by atoms with E-state index in [1.807, 2.05) is 6.92 Å². The van der Waals surface area contributed by atoms with Gasteiger partial charge >= 0.3 is 5.97 Å². The Morgan fingerprint density at radius 1 is 1.24 bits per heavy atom. The minimum atomic E-state index is -1.26. The summed E-state index contributed by atoms with van der Waals surface area (Å²) in [4.78, 5) is 29.1. The zero-order chi connectivity index (χ0) is 22.7. The molecule has 0 radical (unpaired) electrons. The summed E-state index contributed by atoms with van der Waals surface area (Å²) in [5.74, 6) is -0.410. The Bertz CT molecular complexity index is 1140. The van der Waals surface area contributed by atoms with Crippen molar-refractivity contribution in [1.29, 1.82) is 0 Å². The molecule has 0 aromatic carbocycles. The molecule has 3 heterocycles. The summed E-state index contributed by atoms with van der Waals surface area (Å²) < 4.78 is 17.0. The monoisotopic (exact) mass is 477 g/mol. The molecule has 5 rings (SSSR count). The molecule has 2 aromatic rings. The predicted octanol–water partition coefficient (Wildman–Crippen LogP) is 4.30. The van der Waals surface area contributed by atoms with Gasteiger partial charge in [0.25, 0.3) is 5.56 Å². The number of carboxylic acids is 1. The van der Waals surface area contributed by atoms with E-state index in [2.05, 4.69) is 23.9 Å². The Hall–Kier alpha value is -2.12. The third kappa shape index (κ3) is 4.14. The highest BCUT2D eigenvalue weighted by atomic mass is 35.5. The van der Waals surface area contributed by atoms with Gasteiger partial charge in [-0.2, -0.15) is 0 Å². The molecular formula is C25H33ClFN3O3. The molecule has 6 nitrogen and oxygen atoms in total. The van der Waals surface area contributed by atoms with Gasteiger partial charge in [-0.05, 0) is 88.1 Å². The van der Waals surface area contributed by atoms with Crippen molar-refractivity contribution in [3.63, 3.8) is 0 Å². The van der Waals surface area contributed by atoms with Gasteiger partial charge < -0.3 is 14.9 Å². The molecule has 3 atom stereocenters. The molecule has 1 aliphatic heterocycles. The number of aromatic nitrogens is 1. The lowest BCUT2D eigenvalue weighted by atomic mass is 9.84. The first kappa shape index (κ1) is 24.0.